The van der Waals surface area contributed by atoms with Crippen LogP contribution in [0.15, 0.2) is 35.1 Å². The van der Waals surface area contributed by atoms with Crippen molar-refractivity contribution in [2.75, 3.05) is 17.2 Å². The molecule has 5 nitrogen and oxygen atoms in total. The minimum atomic E-state index is -0.137. The Balaban J connectivity index is 1.96. The van der Waals surface area contributed by atoms with Crippen LogP contribution in [0.2, 0.25) is 0 Å². The number of benzene rings is 1. The molecule has 1 aromatic heterocycles. The van der Waals surface area contributed by atoms with Crippen molar-refractivity contribution >= 4 is 17.3 Å². The molecule has 2 aromatic rings. The summed E-state index contributed by atoms with van der Waals surface area (Å²) in [5.41, 5.74) is 8.77. The predicted molar refractivity (Wildman–Crippen MR) is 62.7 cm³/mol. The number of nitrogens with two attached hydrogens (primary N) is 1. The molecule has 2 heterocycles. The van der Waals surface area contributed by atoms with Crippen LogP contribution in [-0.2, 0) is 6.42 Å². The lowest BCUT2D eigenvalue weighted by atomic mass is 10.1. The maximum Gasteiger partial charge on any atom is 0.280 e. The molecule has 5 heteroatoms. The van der Waals surface area contributed by atoms with Crippen LogP contribution in [0.3, 0.4) is 0 Å². The van der Waals surface area contributed by atoms with Crippen molar-refractivity contribution in [2.24, 2.45) is 0 Å². The zero-order valence-electron chi connectivity index (χ0n) is 9.09. The van der Waals surface area contributed by atoms with Gasteiger partial charge in [0.1, 0.15) is 6.26 Å². The van der Waals surface area contributed by atoms with Gasteiger partial charge in [0, 0.05) is 24.0 Å². The molecule has 0 unspecified atom stereocenters. The molecule has 17 heavy (non-hydrogen) atoms. The van der Waals surface area contributed by atoms with Gasteiger partial charge in [0.15, 0.2) is 5.69 Å². The summed E-state index contributed by atoms with van der Waals surface area (Å²) in [6.45, 7) is 0.657. The highest BCUT2D eigenvalue weighted by atomic mass is 16.5. The number of anilines is 2. The SMILES string of the molecule is Nc1ccc2c(c1)CCN2C(=O)c1ccon1. The summed E-state index contributed by atoms with van der Waals surface area (Å²) < 4.78 is 4.68. The van der Waals surface area contributed by atoms with Crippen molar-refractivity contribution in [2.45, 2.75) is 6.42 Å². The van der Waals surface area contributed by atoms with E-state index < -0.39 is 0 Å². The summed E-state index contributed by atoms with van der Waals surface area (Å²) in [4.78, 5) is 13.8. The lowest BCUT2D eigenvalue weighted by Gasteiger charge is -2.15. The summed E-state index contributed by atoms with van der Waals surface area (Å²) in [6.07, 6.45) is 2.22. The van der Waals surface area contributed by atoms with Crippen LogP contribution in [-0.4, -0.2) is 17.6 Å². The summed E-state index contributed by atoms with van der Waals surface area (Å²) >= 11 is 0. The first-order chi connectivity index (χ1) is 8.25. The quantitative estimate of drug-likeness (QED) is 0.751. The summed E-state index contributed by atoms with van der Waals surface area (Å²) in [5, 5.41) is 3.66. The molecule has 1 aliphatic heterocycles. The second kappa shape index (κ2) is 3.62. The van der Waals surface area contributed by atoms with Crippen LogP contribution in [0.25, 0.3) is 0 Å². The Kier molecular flexibility index (Phi) is 2.11. The maximum absolute atomic E-state index is 12.1. The van der Waals surface area contributed by atoms with E-state index in [0.717, 1.165) is 23.4 Å². The minimum Gasteiger partial charge on any atom is -0.399 e. The summed E-state index contributed by atoms with van der Waals surface area (Å²) in [7, 11) is 0. The number of rotatable bonds is 1. The van der Waals surface area contributed by atoms with E-state index in [1.54, 1.807) is 17.0 Å². The number of carbonyl (C=O) groups is 1. The van der Waals surface area contributed by atoms with Crippen molar-refractivity contribution in [3.05, 3.63) is 41.8 Å². The van der Waals surface area contributed by atoms with E-state index in [-0.39, 0.29) is 5.91 Å². The van der Waals surface area contributed by atoms with Crippen molar-refractivity contribution < 1.29 is 9.32 Å². The van der Waals surface area contributed by atoms with Gasteiger partial charge < -0.3 is 15.2 Å². The van der Waals surface area contributed by atoms with Crippen LogP contribution in [0.1, 0.15) is 16.1 Å². The molecular weight excluding hydrogens is 218 g/mol. The minimum absolute atomic E-state index is 0.137. The standard InChI is InChI=1S/C12H11N3O2/c13-9-1-2-11-8(7-9)3-5-15(11)12(16)10-4-6-17-14-10/h1-2,4,6-7H,3,5,13H2. The lowest BCUT2D eigenvalue weighted by Crippen LogP contribution is -2.29. The van der Waals surface area contributed by atoms with E-state index in [1.807, 2.05) is 12.1 Å². The zero-order chi connectivity index (χ0) is 11.8. The molecule has 0 saturated carbocycles. The van der Waals surface area contributed by atoms with Crippen LogP contribution < -0.4 is 10.6 Å². The highest BCUT2D eigenvalue weighted by Crippen LogP contribution is 2.30. The Hall–Kier alpha value is -2.30. The fraction of sp³-hybridized carbons (Fsp3) is 0.167. The molecule has 1 amide bonds. The predicted octanol–water partition coefficient (Wildman–Crippen LogP) is 1.46. The van der Waals surface area contributed by atoms with Crippen LogP contribution in [0, 0.1) is 0 Å². The molecule has 1 aromatic carbocycles. The first-order valence-electron chi connectivity index (χ1n) is 5.36. The summed E-state index contributed by atoms with van der Waals surface area (Å²) in [6, 6.07) is 7.14. The monoisotopic (exact) mass is 229 g/mol. The third-order valence-electron chi connectivity index (χ3n) is 2.90. The average molecular weight is 229 g/mol. The highest BCUT2D eigenvalue weighted by molar-refractivity contribution is 6.06. The fourth-order valence-electron chi connectivity index (χ4n) is 2.09. The van der Waals surface area contributed by atoms with E-state index in [9.17, 15) is 4.79 Å². The number of nitrogens with zero attached hydrogens (tertiary/aromatic N) is 2. The zero-order valence-corrected chi connectivity index (χ0v) is 9.09. The van der Waals surface area contributed by atoms with Crippen molar-refractivity contribution in [1.29, 1.82) is 0 Å². The van der Waals surface area contributed by atoms with E-state index in [4.69, 9.17) is 5.73 Å². The first kappa shape index (κ1) is 9.89. The third-order valence-corrected chi connectivity index (χ3v) is 2.90. The molecule has 0 aliphatic carbocycles. The van der Waals surface area contributed by atoms with Gasteiger partial charge in [-0.15, -0.1) is 0 Å². The molecule has 0 saturated heterocycles. The Bertz CT molecular complexity index is 563. The van der Waals surface area contributed by atoms with Crippen molar-refractivity contribution in [1.82, 2.24) is 5.16 Å². The number of hydrogen-bond donors (Lipinski definition) is 1. The normalized spacial score (nSPS) is 13.8. The summed E-state index contributed by atoms with van der Waals surface area (Å²) in [5.74, 6) is -0.137. The average Bonchev–Trinajstić information content (AvgIpc) is 2.96. The van der Waals surface area contributed by atoms with Gasteiger partial charge in [-0.3, -0.25) is 4.79 Å². The number of carbonyl (C=O) groups excluding carboxylic acids is 1. The van der Waals surface area contributed by atoms with Crippen LogP contribution in [0.5, 0.6) is 0 Å². The fourth-order valence-corrected chi connectivity index (χ4v) is 2.09. The molecular formula is C12H11N3O2. The molecule has 0 bridgehead atoms. The first-order valence-corrected chi connectivity index (χ1v) is 5.36. The molecule has 0 atom stereocenters. The molecule has 0 fully saturated rings. The van der Waals surface area contributed by atoms with Crippen molar-refractivity contribution in [3.63, 3.8) is 0 Å². The molecule has 3 rings (SSSR count). The van der Waals surface area contributed by atoms with Gasteiger partial charge in [-0.2, -0.15) is 0 Å². The second-order valence-corrected chi connectivity index (χ2v) is 3.98. The Morgan fingerprint density at radius 2 is 2.29 bits per heavy atom. The molecule has 0 spiro atoms. The maximum atomic E-state index is 12.1. The molecule has 86 valence electrons. The van der Waals surface area contributed by atoms with E-state index >= 15 is 0 Å². The van der Waals surface area contributed by atoms with Gasteiger partial charge >= 0.3 is 0 Å². The highest BCUT2D eigenvalue weighted by Gasteiger charge is 2.26. The van der Waals surface area contributed by atoms with E-state index in [0.29, 0.717) is 12.2 Å². The van der Waals surface area contributed by atoms with Gasteiger partial charge in [0.2, 0.25) is 0 Å². The van der Waals surface area contributed by atoms with Crippen molar-refractivity contribution in [3.8, 4) is 0 Å². The number of aromatic nitrogens is 1. The molecule has 1 aliphatic rings. The number of hydrogen-bond acceptors (Lipinski definition) is 4. The van der Waals surface area contributed by atoms with Gasteiger partial charge in [-0.25, -0.2) is 0 Å². The number of nitrogen functional groups attached to an aromatic ring is 1. The van der Waals surface area contributed by atoms with E-state index in [1.165, 1.54) is 6.26 Å². The molecule has 2 N–H and O–H groups in total. The van der Waals surface area contributed by atoms with Gasteiger partial charge in [-0.05, 0) is 30.2 Å². The number of amides is 1. The lowest BCUT2D eigenvalue weighted by molar-refractivity contribution is 0.0980. The van der Waals surface area contributed by atoms with E-state index in [2.05, 4.69) is 9.68 Å². The smallest absolute Gasteiger partial charge is 0.280 e. The Morgan fingerprint density at radius 1 is 1.41 bits per heavy atom. The van der Waals surface area contributed by atoms with Gasteiger partial charge in [0.05, 0.1) is 0 Å². The topological polar surface area (TPSA) is 72.4 Å². The molecule has 0 radical (unpaired) electrons. The van der Waals surface area contributed by atoms with Crippen LogP contribution in [0.4, 0.5) is 11.4 Å². The third kappa shape index (κ3) is 1.56. The Morgan fingerprint density at radius 3 is 3.06 bits per heavy atom. The van der Waals surface area contributed by atoms with Gasteiger partial charge in [0.25, 0.3) is 5.91 Å². The Labute approximate surface area is 97.8 Å². The second-order valence-electron chi connectivity index (χ2n) is 3.98. The van der Waals surface area contributed by atoms with Gasteiger partial charge in [-0.1, -0.05) is 5.16 Å². The largest absolute Gasteiger partial charge is 0.399 e. The number of fused-ring (bicyclic) bond motifs is 1. The van der Waals surface area contributed by atoms with Crippen LogP contribution >= 0.6 is 0 Å².